The molecule has 1 aromatic heterocycles. The highest BCUT2D eigenvalue weighted by Crippen LogP contribution is 2.38. The number of halogens is 2. The van der Waals surface area contributed by atoms with Gasteiger partial charge >= 0.3 is 0 Å². The molecular weight excluding hydrogens is 455 g/mol. The molecule has 6 nitrogen and oxygen atoms in total. The molecule has 0 bridgehead atoms. The second kappa shape index (κ2) is 8.08. The molecule has 3 aromatic rings. The maximum Gasteiger partial charge on any atom is 0.274 e. The molecule has 4 rings (SSSR count). The molecule has 0 saturated carbocycles. The molecule has 31 heavy (non-hydrogen) atoms. The summed E-state index contributed by atoms with van der Waals surface area (Å²) >= 11 is 13.6. The molecule has 0 radical (unpaired) electrons. The number of amides is 1. The third kappa shape index (κ3) is 3.45. The van der Waals surface area contributed by atoms with Crippen LogP contribution in [0.5, 0.6) is 0 Å². The Morgan fingerprint density at radius 1 is 1.13 bits per heavy atom. The molecule has 1 aliphatic heterocycles. The molecule has 1 amide bonds. The highest BCUT2D eigenvalue weighted by molar-refractivity contribution is 7.07. The van der Waals surface area contributed by atoms with Gasteiger partial charge in [0.1, 0.15) is 10.5 Å². The van der Waals surface area contributed by atoms with Gasteiger partial charge in [0.05, 0.1) is 27.7 Å². The molecule has 0 aliphatic carbocycles. The van der Waals surface area contributed by atoms with E-state index in [9.17, 15) is 14.9 Å². The molecule has 1 atom stereocenters. The fraction of sp³-hybridized carbons (Fsp3) is 0.0455. The lowest BCUT2D eigenvalue weighted by molar-refractivity contribution is -0.113. The molecule has 2 aromatic carbocycles. The third-order valence-electron chi connectivity index (χ3n) is 4.94. The first-order valence-corrected chi connectivity index (χ1v) is 10.6. The van der Waals surface area contributed by atoms with Crippen LogP contribution >= 0.6 is 34.5 Å². The molecule has 0 spiro atoms. The predicted molar refractivity (Wildman–Crippen MR) is 123 cm³/mol. The van der Waals surface area contributed by atoms with Crippen molar-refractivity contribution in [1.29, 1.82) is 5.26 Å². The number of aromatic nitrogens is 1. The normalized spacial score (nSPS) is 16.2. The molecule has 1 aliphatic rings. The number of nitriles is 1. The smallest absolute Gasteiger partial charge is 0.274 e. The van der Waals surface area contributed by atoms with E-state index in [4.69, 9.17) is 34.7 Å². The van der Waals surface area contributed by atoms with Crippen molar-refractivity contribution in [3.63, 3.8) is 0 Å². The third-order valence-corrected chi connectivity index (χ3v) is 6.74. The van der Waals surface area contributed by atoms with Gasteiger partial charge in [0, 0.05) is 10.0 Å². The first-order valence-electron chi connectivity index (χ1n) is 9.01. The Kier molecular flexibility index (Phi) is 5.46. The number of benzene rings is 2. The maximum atomic E-state index is 13.2. The van der Waals surface area contributed by atoms with Gasteiger partial charge in [0.15, 0.2) is 0 Å². The number of carbonyl (C=O) groups is 1. The van der Waals surface area contributed by atoms with E-state index in [2.05, 4.69) is 0 Å². The Hall–Kier alpha value is -3.31. The number of carbonyl (C=O) groups excluding carboxylic acids is 1. The Labute approximate surface area is 190 Å². The maximum absolute atomic E-state index is 13.2. The van der Waals surface area contributed by atoms with Gasteiger partial charge < -0.3 is 11.5 Å². The second-order valence-electron chi connectivity index (χ2n) is 6.72. The van der Waals surface area contributed by atoms with Crippen LogP contribution in [0.1, 0.15) is 17.0 Å². The van der Waals surface area contributed by atoms with Crippen molar-refractivity contribution in [3.8, 4) is 6.07 Å². The number of primary amides is 1. The van der Waals surface area contributed by atoms with Crippen LogP contribution in [0.25, 0.3) is 17.5 Å². The summed E-state index contributed by atoms with van der Waals surface area (Å²) in [7, 11) is 0. The number of fused-ring (bicyclic) bond motifs is 1. The van der Waals surface area contributed by atoms with Gasteiger partial charge in [-0.2, -0.15) is 5.26 Å². The lowest BCUT2D eigenvalue weighted by atomic mass is 9.83. The van der Waals surface area contributed by atoms with Crippen LogP contribution in [-0.2, 0) is 4.79 Å². The van der Waals surface area contributed by atoms with Crippen molar-refractivity contribution in [2.24, 2.45) is 11.5 Å². The monoisotopic (exact) mass is 468 g/mol. The lowest BCUT2D eigenvalue weighted by Crippen LogP contribution is -2.41. The van der Waals surface area contributed by atoms with Crippen LogP contribution < -0.4 is 26.2 Å². The van der Waals surface area contributed by atoms with Crippen molar-refractivity contribution in [2.45, 2.75) is 5.92 Å². The van der Waals surface area contributed by atoms with E-state index in [1.165, 1.54) is 0 Å². The van der Waals surface area contributed by atoms with E-state index in [1.54, 1.807) is 54.6 Å². The summed E-state index contributed by atoms with van der Waals surface area (Å²) in [5.41, 5.74) is 12.8. The predicted octanol–water partition coefficient (Wildman–Crippen LogP) is 2.13. The van der Waals surface area contributed by atoms with Crippen molar-refractivity contribution in [1.82, 2.24) is 4.57 Å². The van der Waals surface area contributed by atoms with Crippen LogP contribution in [0.15, 0.2) is 58.9 Å². The van der Waals surface area contributed by atoms with Crippen LogP contribution in [0.2, 0.25) is 10.0 Å². The Morgan fingerprint density at radius 3 is 2.39 bits per heavy atom. The summed E-state index contributed by atoms with van der Waals surface area (Å²) in [4.78, 5) is 25.7. The van der Waals surface area contributed by atoms with Crippen LogP contribution in [0.4, 0.5) is 0 Å². The number of allylic oxidation sites excluding steroid dienone is 1. The molecule has 154 valence electrons. The van der Waals surface area contributed by atoms with E-state index in [0.717, 1.165) is 15.9 Å². The number of nitrogens with two attached hydrogens (primary N) is 2. The van der Waals surface area contributed by atoms with E-state index >= 15 is 0 Å². The first kappa shape index (κ1) is 20.9. The Balaban J connectivity index is 2.13. The SMILES string of the molecule is N#CC1=C(N)n2c(s/c(=C\c3ccccc3Cl)c2=O)=C(C(N)=O)C1c1ccccc1Cl. The van der Waals surface area contributed by atoms with E-state index < -0.39 is 17.4 Å². The van der Waals surface area contributed by atoms with Crippen LogP contribution in [0, 0.1) is 11.3 Å². The molecule has 0 fully saturated rings. The van der Waals surface area contributed by atoms with E-state index in [1.807, 2.05) is 6.07 Å². The fourth-order valence-corrected chi connectivity index (χ4v) is 5.15. The van der Waals surface area contributed by atoms with Gasteiger partial charge in [-0.3, -0.25) is 14.2 Å². The highest BCUT2D eigenvalue weighted by Gasteiger charge is 2.35. The average molecular weight is 469 g/mol. The zero-order valence-corrected chi connectivity index (χ0v) is 18.1. The van der Waals surface area contributed by atoms with Gasteiger partial charge in [-0.25, -0.2) is 0 Å². The van der Waals surface area contributed by atoms with Crippen molar-refractivity contribution in [3.05, 3.63) is 94.8 Å². The van der Waals surface area contributed by atoms with Crippen LogP contribution in [-0.4, -0.2) is 10.5 Å². The Bertz CT molecular complexity index is 1490. The standard InChI is InChI=1S/C22H14Cl2N4O2S/c23-14-7-3-1-5-11(14)9-16-21(30)28-19(26)13(10-25)17(12-6-2-4-8-15(12)24)18(20(27)29)22(28)31-16/h1-9,17H,26H2,(H2,27,29)/b16-9-. The van der Waals surface area contributed by atoms with Gasteiger partial charge in [-0.1, -0.05) is 59.6 Å². The van der Waals surface area contributed by atoms with E-state index in [0.29, 0.717) is 25.7 Å². The van der Waals surface area contributed by atoms with E-state index in [-0.39, 0.29) is 21.6 Å². The van der Waals surface area contributed by atoms with Gasteiger partial charge in [-0.15, -0.1) is 11.3 Å². The molecule has 9 heteroatoms. The lowest BCUT2D eigenvalue weighted by Gasteiger charge is -2.24. The van der Waals surface area contributed by atoms with Crippen molar-refractivity contribution < 1.29 is 4.79 Å². The number of hydrogen-bond acceptors (Lipinski definition) is 5. The van der Waals surface area contributed by atoms with Gasteiger partial charge in [0.2, 0.25) is 5.91 Å². The second-order valence-corrected chi connectivity index (χ2v) is 8.57. The zero-order chi connectivity index (χ0) is 22.3. The summed E-state index contributed by atoms with van der Waals surface area (Å²) in [5.74, 6) is -1.72. The minimum Gasteiger partial charge on any atom is -0.384 e. The number of rotatable bonds is 3. The number of thiazole rings is 1. The van der Waals surface area contributed by atoms with Gasteiger partial charge in [0.25, 0.3) is 5.56 Å². The molecule has 2 heterocycles. The van der Waals surface area contributed by atoms with Crippen LogP contribution in [0.3, 0.4) is 0 Å². The summed E-state index contributed by atoms with van der Waals surface area (Å²) < 4.78 is 1.71. The highest BCUT2D eigenvalue weighted by atomic mass is 35.5. The zero-order valence-electron chi connectivity index (χ0n) is 15.8. The largest absolute Gasteiger partial charge is 0.384 e. The average Bonchev–Trinajstić information content (AvgIpc) is 3.05. The molecule has 1 unspecified atom stereocenters. The fourth-order valence-electron chi connectivity index (χ4n) is 3.54. The number of hydrogen-bond donors (Lipinski definition) is 2. The topological polar surface area (TPSA) is 115 Å². The Morgan fingerprint density at radius 2 is 1.77 bits per heavy atom. The van der Waals surface area contributed by atoms with Gasteiger partial charge in [-0.05, 0) is 29.3 Å². The summed E-state index contributed by atoms with van der Waals surface area (Å²) in [5, 5.41) is 10.7. The van der Waals surface area contributed by atoms with Crippen molar-refractivity contribution in [2.75, 3.05) is 0 Å². The quantitative estimate of drug-likeness (QED) is 0.612. The number of nitrogens with zero attached hydrogens (tertiary/aromatic N) is 2. The first-order chi connectivity index (χ1) is 14.8. The molecule has 4 N–H and O–H groups in total. The summed E-state index contributed by atoms with van der Waals surface area (Å²) in [6.45, 7) is 0. The summed E-state index contributed by atoms with van der Waals surface area (Å²) in [6, 6.07) is 15.9. The minimum absolute atomic E-state index is 0.0265. The van der Waals surface area contributed by atoms with Crippen molar-refractivity contribution >= 4 is 57.9 Å². The molecular formula is C22H14Cl2N4O2S. The summed E-state index contributed by atoms with van der Waals surface area (Å²) in [6.07, 6.45) is 1.61. The minimum atomic E-state index is -0.887. The molecule has 0 saturated heterocycles.